The Morgan fingerprint density at radius 2 is 2.00 bits per heavy atom. The minimum absolute atomic E-state index is 0.295. The first kappa shape index (κ1) is 15.6. The molecule has 0 amide bonds. The van der Waals surface area contributed by atoms with Gasteiger partial charge in [-0.3, -0.25) is 4.79 Å². The van der Waals surface area contributed by atoms with Crippen molar-refractivity contribution in [3.05, 3.63) is 41.3 Å². The van der Waals surface area contributed by atoms with Gasteiger partial charge in [0, 0.05) is 17.2 Å². The van der Waals surface area contributed by atoms with E-state index in [-0.39, 0.29) is 12.1 Å². The monoisotopic (exact) mass is 280 g/mol. The molecule has 0 aliphatic carbocycles. The lowest BCUT2D eigenvalue weighted by atomic mass is 10.2. The number of esters is 1. The van der Waals surface area contributed by atoms with Gasteiger partial charge in [-0.05, 0) is 31.6 Å². The zero-order valence-electron chi connectivity index (χ0n) is 11.6. The third kappa shape index (κ3) is 5.83. The van der Waals surface area contributed by atoms with Crippen molar-refractivity contribution < 1.29 is 13.7 Å². The Balaban J connectivity index is 2.69. The fourth-order valence-corrected chi connectivity index (χ4v) is 2.48. The molecule has 0 heterocycles. The number of hydrogen-bond acceptors (Lipinski definition) is 3. The van der Waals surface area contributed by atoms with Crippen molar-refractivity contribution in [3.63, 3.8) is 0 Å². The second kappa shape index (κ2) is 7.89. The molecule has 1 aromatic rings. The van der Waals surface area contributed by atoms with E-state index in [1.165, 1.54) is 6.92 Å². The lowest BCUT2D eigenvalue weighted by Crippen LogP contribution is -2.13. The SMILES string of the molecule is CCC[C@H](/C=C/S(=O)c1ccc(C)cc1)OC(C)=O. The van der Waals surface area contributed by atoms with Gasteiger partial charge in [-0.25, -0.2) is 4.21 Å². The van der Waals surface area contributed by atoms with E-state index in [0.717, 1.165) is 23.3 Å². The van der Waals surface area contributed by atoms with Crippen LogP contribution in [0.5, 0.6) is 0 Å². The highest BCUT2D eigenvalue weighted by Crippen LogP contribution is 2.11. The number of ether oxygens (including phenoxy) is 1. The first-order chi connectivity index (χ1) is 9.02. The molecule has 1 aromatic carbocycles. The molecule has 0 fully saturated rings. The van der Waals surface area contributed by atoms with E-state index in [4.69, 9.17) is 4.74 Å². The predicted octanol–water partition coefficient (Wildman–Crippen LogP) is 3.35. The second-order valence-corrected chi connectivity index (χ2v) is 5.71. The lowest BCUT2D eigenvalue weighted by Gasteiger charge is -2.11. The topological polar surface area (TPSA) is 43.4 Å². The fraction of sp³-hybridized carbons (Fsp3) is 0.400. The van der Waals surface area contributed by atoms with Gasteiger partial charge in [0.25, 0.3) is 0 Å². The third-order valence-corrected chi connectivity index (χ3v) is 3.70. The fourth-order valence-electron chi connectivity index (χ4n) is 1.60. The van der Waals surface area contributed by atoms with Crippen LogP contribution < -0.4 is 0 Å². The van der Waals surface area contributed by atoms with Crippen molar-refractivity contribution in [2.75, 3.05) is 0 Å². The van der Waals surface area contributed by atoms with Crippen LogP contribution in [-0.2, 0) is 20.3 Å². The number of rotatable bonds is 6. The molecule has 1 rings (SSSR count). The summed E-state index contributed by atoms with van der Waals surface area (Å²) in [5, 5.41) is 1.59. The highest BCUT2D eigenvalue weighted by atomic mass is 32.2. The van der Waals surface area contributed by atoms with Crippen molar-refractivity contribution >= 4 is 16.8 Å². The van der Waals surface area contributed by atoms with E-state index in [1.54, 1.807) is 11.5 Å². The van der Waals surface area contributed by atoms with Crippen molar-refractivity contribution in [1.82, 2.24) is 0 Å². The Morgan fingerprint density at radius 1 is 1.37 bits per heavy atom. The van der Waals surface area contributed by atoms with Gasteiger partial charge in [-0.1, -0.05) is 31.0 Å². The molecule has 4 heteroatoms. The Morgan fingerprint density at radius 3 is 2.53 bits per heavy atom. The molecule has 0 saturated carbocycles. The van der Waals surface area contributed by atoms with Gasteiger partial charge in [0.15, 0.2) is 0 Å². The van der Waals surface area contributed by atoms with Crippen molar-refractivity contribution in [3.8, 4) is 0 Å². The van der Waals surface area contributed by atoms with E-state index < -0.39 is 10.8 Å². The van der Waals surface area contributed by atoms with Crippen molar-refractivity contribution in [1.29, 1.82) is 0 Å². The van der Waals surface area contributed by atoms with Crippen LogP contribution in [0.25, 0.3) is 0 Å². The first-order valence-electron chi connectivity index (χ1n) is 6.35. The van der Waals surface area contributed by atoms with Crippen LogP contribution in [0.1, 0.15) is 32.3 Å². The molecule has 0 aliphatic heterocycles. The molecule has 0 N–H and O–H groups in total. The predicted molar refractivity (Wildman–Crippen MR) is 77.2 cm³/mol. The third-order valence-electron chi connectivity index (χ3n) is 2.56. The average Bonchev–Trinajstić information content (AvgIpc) is 2.36. The molecule has 0 spiro atoms. The summed E-state index contributed by atoms with van der Waals surface area (Å²) in [6.45, 7) is 5.38. The van der Waals surface area contributed by atoms with Gasteiger partial charge in [0.1, 0.15) is 6.10 Å². The molecule has 0 saturated heterocycles. The second-order valence-electron chi connectivity index (χ2n) is 4.38. The summed E-state index contributed by atoms with van der Waals surface area (Å²) in [4.78, 5) is 11.7. The summed E-state index contributed by atoms with van der Waals surface area (Å²) in [6, 6.07) is 7.54. The number of hydrogen-bond donors (Lipinski definition) is 0. The molecular formula is C15H20O3S. The van der Waals surface area contributed by atoms with Gasteiger partial charge in [-0.15, -0.1) is 0 Å². The summed E-state index contributed by atoms with van der Waals surface area (Å²) in [5.41, 5.74) is 1.13. The molecule has 0 aliphatic rings. The van der Waals surface area contributed by atoms with E-state index >= 15 is 0 Å². The van der Waals surface area contributed by atoms with Gasteiger partial charge in [-0.2, -0.15) is 0 Å². The molecule has 0 aromatic heterocycles. The highest BCUT2D eigenvalue weighted by Gasteiger charge is 2.07. The first-order valence-corrected chi connectivity index (χ1v) is 7.57. The molecule has 0 radical (unpaired) electrons. The van der Waals surface area contributed by atoms with E-state index in [1.807, 2.05) is 38.1 Å². The maximum absolute atomic E-state index is 12.0. The van der Waals surface area contributed by atoms with Crippen LogP contribution in [-0.4, -0.2) is 16.3 Å². The Labute approximate surface area is 117 Å². The minimum Gasteiger partial charge on any atom is -0.458 e. The number of aryl methyl sites for hydroxylation is 1. The summed E-state index contributed by atoms with van der Waals surface area (Å²) in [6.07, 6.45) is 3.05. The van der Waals surface area contributed by atoms with Gasteiger partial charge in [0.2, 0.25) is 0 Å². The van der Waals surface area contributed by atoms with Crippen LogP contribution in [0.4, 0.5) is 0 Å². The maximum atomic E-state index is 12.0. The molecule has 0 bridgehead atoms. The zero-order valence-corrected chi connectivity index (χ0v) is 12.4. The van der Waals surface area contributed by atoms with E-state index in [2.05, 4.69) is 0 Å². The maximum Gasteiger partial charge on any atom is 0.303 e. The molecule has 1 unspecified atom stereocenters. The molecular weight excluding hydrogens is 260 g/mol. The number of carbonyl (C=O) groups excluding carboxylic acids is 1. The summed E-state index contributed by atoms with van der Waals surface area (Å²) in [5.74, 6) is -0.316. The van der Waals surface area contributed by atoms with Crippen molar-refractivity contribution in [2.24, 2.45) is 0 Å². The number of carbonyl (C=O) groups is 1. The van der Waals surface area contributed by atoms with Gasteiger partial charge >= 0.3 is 5.97 Å². The lowest BCUT2D eigenvalue weighted by molar-refractivity contribution is -0.144. The van der Waals surface area contributed by atoms with Crippen molar-refractivity contribution in [2.45, 2.75) is 44.6 Å². The quantitative estimate of drug-likeness (QED) is 0.751. The van der Waals surface area contributed by atoms with Crippen LogP contribution in [0.3, 0.4) is 0 Å². The molecule has 2 atom stereocenters. The van der Waals surface area contributed by atoms with Gasteiger partial charge < -0.3 is 4.74 Å². The van der Waals surface area contributed by atoms with E-state index in [9.17, 15) is 9.00 Å². The van der Waals surface area contributed by atoms with Crippen LogP contribution in [0, 0.1) is 6.92 Å². The largest absolute Gasteiger partial charge is 0.458 e. The molecule has 104 valence electrons. The summed E-state index contributed by atoms with van der Waals surface area (Å²) in [7, 11) is -1.20. The molecule has 3 nitrogen and oxygen atoms in total. The smallest absolute Gasteiger partial charge is 0.303 e. The van der Waals surface area contributed by atoms with E-state index in [0.29, 0.717) is 0 Å². The number of benzene rings is 1. The normalized spacial score (nSPS) is 14.3. The van der Waals surface area contributed by atoms with Crippen LogP contribution in [0.15, 0.2) is 40.6 Å². The zero-order chi connectivity index (χ0) is 14.3. The Hall–Kier alpha value is -1.42. The standard InChI is InChI=1S/C15H20O3S/c1-4-5-14(18-13(3)16)10-11-19(17)15-8-6-12(2)7-9-15/h6-11,14H,4-5H2,1-3H3/b11-10+/t14-,19?/m1/s1. The summed E-state index contributed by atoms with van der Waals surface area (Å²) >= 11 is 0. The Kier molecular flexibility index (Phi) is 6.50. The Bertz CT molecular complexity index is 463. The van der Waals surface area contributed by atoms with Crippen LogP contribution >= 0.6 is 0 Å². The average molecular weight is 280 g/mol. The molecule has 19 heavy (non-hydrogen) atoms. The van der Waals surface area contributed by atoms with Gasteiger partial charge in [0.05, 0.1) is 10.8 Å². The van der Waals surface area contributed by atoms with Crippen LogP contribution in [0.2, 0.25) is 0 Å². The minimum atomic E-state index is -1.20. The highest BCUT2D eigenvalue weighted by molar-refractivity contribution is 7.88. The summed E-state index contributed by atoms with van der Waals surface area (Å²) < 4.78 is 17.2.